The van der Waals surface area contributed by atoms with Crippen LogP contribution in [0.2, 0.25) is 10.0 Å². The van der Waals surface area contributed by atoms with Crippen molar-refractivity contribution < 1.29 is 19.1 Å². The molecular formula is C19H16Cl2N2O4. The molecule has 1 saturated heterocycles. The minimum Gasteiger partial charge on any atom is -0.493 e. The van der Waals surface area contributed by atoms with E-state index in [0.717, 1.165) is 4.90 Å². The van der Waals surface area contributed by atoms with Gasteiger partial charge in [-0.05, 0) is 42.8 Å². The lowest BCUT2D eigenvalue weighted by Gasteiger charge is -2.12. The van der Waals surface area contributed by atoms with Gasteiger partial charge in [0.2, 0.25) is 0 Å². The van der Waals surface area contributed by atoms with E-state index in [2.05, 4.69) is 5.32 Å². The Labute approximate surface area is 166 Å². The number of halogens is 2. The monoisotopic (exact) mass is 406 g/mol. The summed E-state index contributed by atoms with van der Waals surface area (Å²) in [6, 6.07) is 9.16. The summed E-state index contributed by atoms with van der Waals surface area (Å²) in [6.07, 6.45) is 1.49. The van der Waals surface area contributed by atoms with Crippen molar-refractivity contribution in [1.29, 1.82) is 0 Å². The lowest BCUT2D eigenvalue weighted by atomic mass is 10.1. The molecular weight excluding hydrogens is 391 g/mol. The third kappa shape index (κ3) is 3.86. The summed E-state index contributed by atoms with van der Waals surface area (Å²) in [4.78, 5) is 26.0. The number of ether oxygens (including phenoxy) is 2. The van der Waals surface area contributed by atoms with Crippen molar-refractivity contribution in [3.63, 3.8) is 0 Å². The molecule has 0 aliphatic carbocycles. The van der Waals surface area contributed by atoms with Gasteiger partial charge >= 0.3 is 6.03 Å². The standard InChI is InChI=1S/C19H16Cl2N2O4/c1-3-27-17-10-14(21)11(8-16(17)26-2)7-15-18(24)23(19(25)22-15)13-6-4-5-12(20)9-13/h4-10H,3H2,1-2H3,(H,22,25)/b15-7+. The number of rotatable bonds is 5. The summed E-state index contributed by atoms with van der Waals surface area (Å²) in [5, 5.41) is 3.33. The van der Waals surface area contributed by atoms with E-state index < -0.39 is 11.9 Å². The summed E-state index contributed by atoms with van der Waals surface area (Å²) in [5.41, 5.74) is 0.977. The average Bonchev–Trinajstić information content (AvgIpc) is 2.91. The molecule has 6 nitrogen and oxygen atoms in total. The van der Waals surface area contributed by atoms with Crippen LogP contribution in [-0.2, 0) is 4.79 Å². The summed E-state index contributed by atoms with van der Waals surface area (Å²) in [6.45, 7) is 2.30. The molecule has 8 heteroatoms. The fourth-order valence-corrected chi connectivity index (χ4v) is 3.02. The van der Waals surface area contributed by atoms with Crippen molar-refractivity contribution in [3.8, 4) is 11.5 Å². The number of carbonyl (C=O) groups is 2. The zero-order valence-corrected chi connectivity index (χ0v) is 16.1. The van der Waals surface area contributed by atoms with Gasteiger partial charge in [-0.15, -0.1) is 0 Å². The van der Waals surface area contributed by atoms with Gasteiger partial charge in [0.1, 0.15) is 5.70 Å². The van der Waals surface area contributed by atoms with E-state index in [1.807, 2.05) is 6.92 Å². The molecule has 1 heterocycles. The Morgan fingerprint density at radius 1 is 1.15 bits per heavy atom. The molecule has 0 radical (unpaired) electrons. The molecule has 0 atom stereocenters. The van der Waals surface area contributed by atoms with E-state index in [4.69, 9.17) is 32.7 Å². The van der Waals surface area contributed by atoms with Crippen LogP contribution in [0.4, 0.5) is 10.5 Å². The first kappa shape index (κ1) is 19.1. The number of hydrogen-bond donors (Lipinski definition) is 1. The number of nitrogens with one attached hydrogen (secondary N) is 1. The highest BCUT2D eigenvalue weighted by Gasteiger charge is 2.35. The van der Waals surface area contributed by atoms with Gasteiger partial charge in [-0.3, -0.25) is 4.79 Å². The number of amides is 3. The minimum atomic E-state index is -0.567. The number of urea groups is 1. The third-order valence-corrected chi connectivity index (χ3v) is 4.39. The normalized spacial score (nSPS) is 15.3. The number of nitrogens with zero attached hydrogens (tertiary/aromatic N) is 1. The number of carbonyl (C=O) groups excluding carboxylic acids is 2. The molecule has 140 valence electrons. The summed E-state index contributed by atoms with van der Waals surface area (Å²) in [7, 11) is 1.51. The number of anilines is 1. The van der Waals surface area contributed by atoms with Crippen LogP contribution < -0.4 is 19.7 Å². The molecule has 1 aliphatic rings. The molecule has 27 heavy (non-hydrogen) atoms. The maximum atomic E-state index is 12.7. The summed E-state index contributed by atoms with van der Waals surface area (Å²) in [5.74, 6) is 0.456. The molecule has 0 spiro atoms. The molecule has 1 N–H and O–H groups in total. The van der Waals surface area contributed by atoms with E-state index >= 15 is 0 Å². The molecule has 0 bridgehead atoms. The van der Waals surface area contributed by atoms with Gasteiger partial charge in [-0.1, -0.05) is 29.3 Å². The van der Waals surface area contributed by atoms with Crippen LogP contribution in [0.25, 0.3) is 6.08 Å². The first-order valence-electron chi connectivity index (χ1n) is 8.07. The summed E-state index contributed by atoms with van der Waals surface area (Å²) >= 11 is 12.2. The minimum absolute atomic E-state index is 0.0908. The molecule has 1 fully saturated rings. The molecule has 1 aliphatic heterocycles. The number of methoxy groups -OCH3 is 1. The SMILES string of the molecule is CCOc1cc(Cl)c(/C=C2/NC(=O)N(c3cccc(Cl)c3)C2=O)cc1OC. The van der Waals surface area contributed by atoms with Crippen molar-refractivity contribution in [2.24, 2.45) is 0 Å². The second-order valence-electron chi connectivity index (χ2n) is 5.57. The molecule has 2 aromatic carbocycles. The molecule has 3 rings (SSSR count). The predicted octanol–water partition coefficient (Wildman–Crippen LogP) is 4.50. The van der Waals surface area contributed by atoms with Gasteiger partial charge in [0, 0.05) is 11.1 Å². The van der Waals surface area contributed by atoms with Crippen molar-refractivity contribution in [2.75, 3.05) is 18.6 Å². The molecule has 0 aromatic heterocycles. The van der Waals surface area contributed by atoms with Crippen LogP contribution in [0.1, 0.15) is 12.5 Å². The maximum absolute atomic E-state index is 12.7. The Morgan fingerprint density at radius 3 is 2.59 bits per heavy atom. The highest BCUT2D eigenvalue weighted by atomic mass is 35.5. The van der Waals surface area contributed by atoms with Crippen LogP contribution >= 0.6 is 23.2 Å². The highest BCUT2D eigenvalue weighted by Crippen LogP contribution is 2.35. The van der Waals surface area contributed by atoms with Crippen LogP contribution in [-0.4, -0.2) is 25.7 Å². The van der Waals surface area contributed by atoms with E-state index in [1.54, 1.807) is 30.3 Å². The maximum Gasteiger partial charge on any atom is 0.333 e. The average molecular weight is 407 g/mol. The molecule has 0 saturated carbocycles. The lowest BCUT2D eigenvalue weighted by molar-refractivity contribution is -0.113. The first-order valence-corrected chi connectivity index (χ1v) is 8.83. The van der Waals surface area contributed by atoms with E-state index in [0.29, 0.717) is 39.4 Å². The largest absolute Gasteiger partial charge is 0.493 e. The van der Waals surface area contributed by atoms with Crippen molar-refractivity contribution >= 4 is 46.9 Å². The highest BCUT2D eigenvalue weighted by molar-refractivity contribution is 6.34. The molecule has 0 unspecified atom stereocenters. The van der Waals surface area contributed by atoms with Gasteiger partial charge in [-0.25, -0.2) is 9.69 Å². The fraction of sp³-hybridized carbons (Fsp3) is 0.158. The Morgan fingerprint density at radius 2 is 1.93 bits per heavy atom. The van der Waals surface area contributed by atoms with E-state index in [9.17, 15) is 9.59 Å². The van der Waals surface area contributed by atoms with Crippen LogP contribution in [0.3, 0.4) is 0 Å². The van der Waals surface area contributed by atoms with Crippen molar-refractivity contribution in [1.82, 2.24) is 5.32 Å². The first-order chi connectivity index (χ1) is 12.9. The Kier molecular flexibility index (Phi) is 5.58. The van der Waals surface area contributed by atoms with Crippen LogP contribution in [0.5, 0.6) is 11.5 Å². The van der Waals surface area contributed by atoms with Crippen LogP contribution in [0.15, 0.2) is 42.1 Å². The predicted molar refractivity (Wildman–Crippen MR) is 105 cm³/mol. The molecule has 2 aromatic rings. The van der Waals surface area contributed by atoms with Crippen LogP contribution in [0, 0.1) is 0 Å². The molecule has 3 amide bonds. The smallest absolute Gasteiger partial charge is 0.333 e. The van der Waals surface area contributed by atoms with Gasteiger partial charge < -0.3 is 14.8 Å². The Balaban J connectivity index is 1.96. The Hall–Kier alpha value is -2.70. The van der Waals surface area contributed by atoms with Gasteiger partial charge in [0.15, 0.2) is 11.5 Å². The number of benzene rings is 2. The van der Waals surface area contributed by atoms with E-state index in [-0.39, 0.29) is 5.70 Å². The number of hydrogen-bond acceptors (Lipinski definition) is 4. The van der Waals surface area contributed by atoms with Crippen molar-refractivity contribution in [3.05, 3.63) is 57.7 Å². The number of imide groups is 1. The fourth-order valence-electron chi connectivity index (χ4n) is 2.63. The quantitative estimate of drug-likeness (QED) is 0.586. The summed E-state index contributed by atoms with van der Waals surface area (Å²) < 4.78 is 10.8. The second kappa shape index (κ2) is 7.90. The zero-order valence-electron chi connectivity index (χ0n) is 14.6. The van der Waals surface area contributed by atoms with E-state index in [1.165, 1.54) is 19.3 Å². The zero-order chi connectivity index (χ0) is 19.6. The second-order valence-corrected chi connectivity index (χ2v) is 6.41. The van der Waals surface area contributed by atoms with Gasteiger partial charge in [-0.2, -0.15) is 0 Å². The Bertz CT molecular complexity index is 943. The third-order valence-electron chi connectivity index (χ3n) is 3.83. The lowest BCUT2D eigenvalue weighted by Crippen LogP contribution is -2.30. The van der Waals surface area contributed by atoms with Gasteiger partial charge in [0.25, 0.3) is 5.91 Å². The topological polar surface area (TPSA) is 67.9 Å². The van der Waals surface area contributed by atoms with Gasteiger partial charge in [0.05, 0.1) is 24.4 Å². The van der Waals surface area contributed by atoms with Crippen molar-refractivity contribution in [2.45, 2.75) is 6.92 Å².